The molecule has 2 aromatic rings. The fourth-order valence-corrected chi connectivity index (χ4v) is 2.25. The number of benzene rings is 2. The molecule has 2 amide bonds. The fraction of sp³-hybridized carbons (Fsp3) is 0.263. The molecule has 0 aliphatic heterocycles. The second kappa shape index (κ2) is 8.15. The summed E-state index contributed by atoms with van der Waals surface area (Å²) < 4.78 is 5.19. The normalized spacial score (nSPS) is 10.3. The van der Waals surface area contributed by atoms with E-state index >= 15 is 0 Å². The van der Waals surface area contributed by atoms with Crippen LogP contribution in [0.4, 0.5) is 11.4 Å². The molecule has 2 N–H and O–H groups in total. The van der Waals surface area contributed by atoms with E-state index in [1.807, 2.05) is 19.9 Å². The zero-order valence-electron chi connectivity index (χ0n) is 14.1. The van der Waals surface area contributed by atoms with Crippen LogP contribution in [0, 0.1) is 5.92 Å². The first-order valence-electron chi connectivity index (χ1n) is 7.84. The van der Waals surface area contributed by atoms with Crippen LogP contribution in [0.15, 0.2) is 48.5 Å². The molecule has 0 aromatic heterocycles. The summed E-state index contributed by atoms with van der Waals surface area (Å²) in [4.78, 5) is 24.1. The van der Waals surface area contributed by atoms with Gasteiger partial charge in [0, 0.05) is 17.8 Å². The molecule has 24 heavy (non-hydrogen) atoms. The molecule has 0 fully saturated rings. The summed E-state index contributed by atoms with van der Waals surface area (Å²) in [5.74, 6) is 0.567. The van der Waals surface area contributed by atoms with Crippen LogP contribution in [0.1, 0.15) is 30.6 Å². The maximum Gasteiger partial charge on any atom is 0.259 e. The van der Waals surface area contributed by atoms with E-state index in [1.54, 1.807) is 42.5 Å². The third kappa shape index (κ3) is 4.84. The van der Waals surface area contributed by atoms with E-state index in [-0.39, 0.29) is 11.8 Å². The molecule has 0 saturated carbocycles. The number of anilines is 2. The molecule has 0 aliphatic carbocycles. The number of ether oxygens (including phenoxy) is 1. The second-order valence-corrected chi connectivity index (χ2v) is 5.88. The van der Waals surface area contributed by atoms with Crippen LogP contribution in [0.3, 0.4) is 0 Å². The van der Waals surface area contributed by atoms with Crippen molar-refractivity contribution >= 4 is 23.2 Å². The van der Waals surface area contributed by atoms with Gasteiger partial charge in [-0.3, -0.25) is 9.59 Å². The monoisotopic (exact) mass is 326 g/mol. The third-order valence-electron chi connectivity index (χ3n) is 3.37. The smallest absolute Gasteiger partial charge is 0.259 e. The minimum atomic E-state index is -0.246. The van der Waals surface area contributed by atoms with Gasteiger partial charge in [-0.25, -0.2) is 0 Å². The first-order chi connectivity index (χ1) is 11.5. The van der Waals surface area contributed by atoms with Gasteiger partial charge in [-0.1, -0.05) is 26.0 Å². The van der Waals surface area contributed by atoms with Crippen molar-refractivity contribution in [2.75, 3.05) is 17.7 Å². The molecule has 5 nitrogen and oxygen atoms in total. The molecule has 0 aliphatic rings. The fourth-order valence-electron chi connectivity index (χ4n) is 2.25. The van der Waals surface area contributed by atoms with Gasteiger partial charge in [0.1, 0.15) is 5.75 Å². The van der Waals surface area contributed by atoms with Crippen molar-refractivity contribution in [2.45, 2.75) is 20.3 Å². The van der Waals surface area contributed by atoms with Gasteiger partial charge in [-0.05, 0) is 42.3 Å². The number of hydrogen-bond donors (Lipinski definition) is 2. The molecule has 0 saturated heterocycles. The molecule has 0 atom stereocenters. The standard InChI is InChI=1S/C19H22N2O3/c1-13(2)12-18(22)20-14-8-10-15(11-9-14)21-19(23)16-6-4-5-7-17(16)24-3/h4-11,13H,12H2,1-3H3,(H,20,22)(H,21,23). The minimum Gasteiger partial charge on any atom is -0.496 e. The molecule has 5 heteroatoms. The molecule has 0 spiro atoms. The zero-order chi connectivity index (χ0) is 17.5. The summed E-state index contributed by atoms with van der Waals surface area (Å²) >= 11 is 0. The summed E-state index contributed by atoms with van der Waals surface area (Å²) in [7, 11) is 1.53. The average molecular weight is 326 g/mol. The van der Waals surface area contributed by atoms with E-state index in [9.17, 15) is 9.59 Å². The summed E-state index contributed by atoms with van der Waals surface area (Å²) in [6.45, 7) is 3.99. The third-order valence-corrected chi connectivity index (χ3v) is 3.37. The van der Waals surface area contributed by atoms with Crippen LogP contribution < -0.4 is 15.4 Å². The van der Waals surface area contributed by atoms with Crippen LogP contribution >= 0.6 is 0 Å². The number of carbonyl (C=O) groups excluding carboxylic acids is 2. The van der Waals surface area contributed by atoms with Crippen molar-refractivity contribution < 1.29 is 14.3 Å². The molecular formula is C19H22N2O3. The quantitative estimate of drug-likeness (QED) is 0.845. The number of rotatable bonds is 6. The lowest BCUT2D eigenvalue weighted by Gasteiger charge is -2.10. The Hall–Kier alpha value is -2.82. The molecule has 2 rings (SSSR count). The molecule has 0 bridgehead atoms. The minimum absolute atomic E-state index is 0.0178. The Kier molecular flexibility index (Phi) is 5.95. The zero-order valence-corrected chi connectivity index (χ0v) is 14.1. The van der Waals surface area contributed by atoms with Crippen LogP contribution in [0.2, 0.25) is 0 Å². The van der Waals surface area contributed by atoms with E-state index in [0.29, 0.717) is 35.0 Å². The van der Waals surface area contributed by atoms with Gasteiger partial charge in [0.2, 0.25) is 5.91 Å². The lowest BCUT2D eigenvalue weighted by Crippen LogP contribution is -2.14. The maximum absolute atomic E-state index is 12.3. The summed E-state index contributed by atoms with van der Waals surface area (Å²) in [6.07, 6.45) is 0.478. The van der Waals surface area contributed by atoms with E-state index in [4.69, 9.17) is 4.74 Å². The number of amides is 2. The number of carbonyl (C=O) groups is 2. The lowest BCUT2D eigenvalue weighted by molar-refractivity contribution is -0.116. The SMILES string of the molecule is COc1ccccc1C(=O)Nc1ccc(NC(=O)CC(C)C)cc1. The van der Waals surface area contributed by atoms with Crippen molar-refractivity contribution in [1.29, 1.82) is 0 Å². The van der Waals surface area contributed by atoms with Gasteiger partial charge in [0.25, 0.3) is 5.91 Å². The van der Waals surface area contributed by atoms with Crippen molar-refractivity contribution in [2.24, 2.45) is 5.92 Å². The van der Waals surface area contributed by atoms with Crippen molar-refractivity contribution in [3.05, 3.63) is 54.1 Å². The van der Waals surface area contributed by atoms with Crippen molar-refractivity contribution in [3.63, 3.8) is 0 Å². The molecule has 126 valence electrons. The van der Waals surface area contributed by atoms with Crippen LogP contribution in [0.5, 0.6) is 5.75 Å². The predicted molar refractivity (Wildman–Crippen MR) is 95.5 cm³/mol. The Morgan fingerprint density at radius 2 is 1.54 bits per heavy atom. The Labute approximate surface area is 142 Å². The van der Waals surface area contributed by atoms with Crippen LogP contribution in [0.25, 0.3) is 0 Å². The van der Waals surface area contributed by atoms with Crippen LogP contribution in [-0.4, -0.2) is 18.9 Å². The maximum atomic E-state index is 12.3. The van der Waals surface area contributed by atoms with E-state index in [0.717, 1.165) is 0 Å². The van der Waals surface area contributed by atoms with Gasteiger partial charge >= 0.3 is 0 Å². The van der Waals surface area contributed by atoms with Crippen LogP contribution in [-0.2, 0) is 4.79 Å². The molecule has 0 unspecified atom stereocenters. The van der Waals surface area contributed by atoms with Crippen molar-refractivity contribution in [1.82, 2.24) is 0 Å². The molecule has 2 aromatic carbocycles. The highest BCUT2D eigenvalue weighted by atomic mass is 16.5. The highest BCUT2D eigenvalue weighted by Gasteiger charge is 2.11. The average Bonchev–Trinajstić information content (AvgIpc) is 2.55. The molecule has 0 heterocycles. The Morgan fingerprint density at radius 1 is 0.958 bits per heavy atom. The van der Waals surface area contributed by atoms with E-state index in [1.165, 1.54) is 7.11 Å². The Balaban J connectivity index is 2.01. The second-order valence-electron chi connectivity index (χ2n) is 5.88. The first-order valence-corrected chi connectivity index (χ1v) is 7.84. The van der Waals surface area contributed by atoms with E-state index in [2.05, 4.69) is 10.6 Å². The Bertz CT molecular complexity index is 709. The van der Waals surface area contributed by atoms with Gasteiger partial charge in [-0.15, -0.1) is 0 Å². The Morgan fingerprint density at radius 3 is 2.12 bits per heavy atom. The highest BCUT2D eigenvalue weighted by molar-refractivity contribution is 6.06. The highest BCUT2D eigenvalue weighted by Crippen LogP contribution is 2.20. The van der Waals surface area contributed by atoms with Gasteiger partial charge < -0.3 is 15.4 Å². The number of nitrogens with one attached hydrogen (secondary N) is 2. The summed E-state index contributed by atoms with van der Waals surface area (Å²) in [5.41, 5.74) is 1.82. The predicted octanol–water partition coefficient (Wildman–Crippen LogP) is 3.93. The topological polar surface area (TPSA) is 67.4 Å². The summed E-state index contributed by atoms with van der Waals surface area (Å²) in [6, 6.07) is 14.1. The van der Waals surface area contributed by atoms with E-state index < -0.39 is 0 Å². The number of methoxy groups -OCH3 is 1. The van der Waals surface area contributed by atoms with Gasteiger partial charge in [0.15, 0.2) is 0 Å². The molecular weight excluding hydrogens is 304 g/mol. The number of hydrogen-bond acceptors (Lipinski definition) is 3. The number of para-hydroxylation sites is 1. The lowest BCUT2D eigenvalue weighted by atomic mass is 10.1. The summed E-state index contributed by atoms with van der Waals surface area (Å²) in [5, 5.41) is 5.65. The largest absolute Gasteiger partial charge is 0.496 e. The first kappa shape index (κ1) is 17.5. The van der Waals surface area contributed by atoms with Gasteiger partial charge in [0.05, 0.1) is 12.7 Å². The van der Waals surface area contributed by atoms with Crippen molar-refractivity contribution in [3.8, 4) is 5.75 Å². The molecule has 0 radical (unpaired) electrons. The van der Waals surface area contributed by atoms with Gasteiger partial charge in [-0.2, -0.15) is 0 Å².